The molecule has 0 aliphatic heterocycles. The second kappa shape index (κ2) is 5.39. The lowest BCUT2D eigenvalue weighted by atomic mass is 9.98. The van der Waals surface area contributed by atoms with Crippen LogP contribution in [0.4, 0.5) is 13.2 Å². The number of esters is 1. The van der Waals surface area contributed by atoms with Crippen LogP contribution in [0.1, 0.15) is 24.2 Å². The van der Waals surface area contributed by atoms with Gasteiger partial charge < -0.3 is 9.84 Å². The Kier molecular flexibility index (Phi) is 4.34. The Labute approximate surface area is 102 Å². The van der Waals surface area contributed by atoms with Crippen LogP contribution >= 0.6 is 0 Å². The van der Waals surface area contributed by atoms with Crippen molar-refractivity contribution in [2.45, 2.75) is 25.9 Å². The van der Waals surface area contributed by atoms with E-state index in [1.807, 2.05) is 0 Å². The third-order valence-electron chi connectivity index (χ3n) is 2.43. The molecule has 0 radical (unpaired) electrons. The van der Waals surface area contributed by atoms with Gasteiger partial charge in [-0.2, -0.15) is 8.78 Å². The molecule has 0 bridgehead atoms. The van der Waals surface area contributed by atoms with Gasteiger partial charge in [-0.1, -0.05) is 6.07 Å². The summed E-state index contributed by atoms with van der Waals surface area (Å²) in [5.74, 6) is -6.72. The zero-order valence-corrected chi connectivity index (χ0v) is 9.91. The third kappa shape index (κ3) is 2.81. The van der Waals surface area contributed by atoms with Crippen LogP contribution in [-0.4, -0.2) is 23.6 Å². The summed E-state index contributed by atoms with van der Waals surface area (Å²) in [6, 6.07) is 3.09. The van der Waals surface area contributed by atoms with Crippen LogP contribution in [0.3, 0.4) is 0 Å². The van der Waals surface area contributed by atoms with Gasteiger partial charge in [0.15, 0.2) is 6.10 Å². The first-order valence-electron chi connectivity index (χ1n) is 5.29. The number of hydrogen-bond acceptors (Lipinski definition) is 3. The van der Waals surface area contributed by atoms with Crippen molar-refractivity contribution in [3.8, 4) is 0 Å². The highest BCUT2D eigenvalue weighted by Gasteiger charge is 2.49. The molecule has 0 saturated carbocycles. The zero-order chi connectivity index (χ0) is 13.9. The van der Waals surface area contributed by atoms with Crippen LogP contribution in [0.2, 0.25) is 0 Å². The van der Waals surface area contributed by atoms with E-state index in [9.17, 15) is 23.1 Å². The average molecular weight is 262 g/mol. The standard InChI is InChI=1S/C12H13F3O3/c1-3-18-11(17)12(14,15)10(16)9-6-8(13)5-4-7(9)2/h4-6,10,16H,3H2,1-2H3. The number of aliphatic hydroxyl groups excluding tert-OH is 1. The number of carbonyl (C=O) groups is 1. The molecule has 3 nitrogen and oxygen atoms in total. The Morgan fingerprint density at radius 2 is 2.11 bits per heavy atom. The molecule has 0 spiro atoms. The minimum Gasteiger partial charge on any atom is -0.461 e. The largest absolute Gasteiger partial charge is 0.461 e. The lowest BCUT2D eigenvalue weighted by molar-refractivity contribution is -0.189. The molecule has 0 saturated heterocycles. The predicted molar refractivity (Wildman–Crippen MR) is 57.7 cm³/mol. The Hall–Kier alpha value is -1.56. The lowest BCUT2D eigenvalue weighted by Crippen LogP contribution is -2.37. The highest BCUT2D eigenvalue weighted by atomic mass is 19.3. The van der Waals surface area contributed by atoms with Crippen molar-refractivity contribution in [2.24, 2.45) is 0 Å². The van der Waals surface area contributed by atoms with Gasteiger partial charge in [0, 0.05) is 0 Å². The van der Waals surface area contributed by atoms with Gasteiger partial charge >= 0.3 is 11.9 Å². The van der Waals surface area contributed by atoms with Crippen molar-refractivity contribution in [1.29, 1.82) is 0 Å². The first-order chi connectivity index (χ1) is 8.30. The Morgan fingerprint density at radius 3 is 2.67 bits per heavy atom. The molecule has 6 heteroatoms. The molecule has 0 fully saturated rings. The van der Waals surface area contributed by atoms with Gasteiger partial charge in [-0.3, -0.25) is 0 Å². The number of carbonyl (C=O) groups excluding carboxylic acids is 1. The second-order valence-electron chi connectivity index (χ2n) is 3.75. The number of aliphatic hydroxyl groups is 1. The van der Waals surface area contributed by atoms with Crippen LogP contribution in [0.25, 0.3) is 0 Å². The van der Waals surface area contributed by atoms with Crippen molar-refractivity contribution in [3.05, 3.63) is 35.1 Å². The van der Waals surface area contributed by atoms with Gasteiger partial charge in [0.2, 0.25) is 0 Å². The number of hydrogen-bond donors (Lipinski definition) is 1. The highest BCUT2D eigenvalue weighted by Crippen LogP contribution is 2.34. The number of aryl methyl sites for hydroxylation is 1. The molecule has 1 atom stereocenters. The summed E-state index contributed by atoms with van der Waals surface area (Å²) in [4.78, 5) is 11.0. The maximum Gasteiger partial charge on any atom is 0.380 e. The first kappa shape index (κ1) is 14.5. The van der Waals surface area contributed by atoms with Crippen LogP contribution in [0.15, 0.2) is 18.2 Å². The van der Waals surface area contributed by atoms with E-state index in [1.54, 1.807) is 0 Å². The third-order valence-corrected chi connectivity index (χ3v) is 2.43. The number of benzene rings is 1. The number of halogens is 3. The lowest BCUT2D eigenvalue weighted by Gasteiger charge is -2.22. The van der Waals surface area contributed by atoms with Gasteiger partial charge in [-0.15, -0.1) is 0 Å². The van der Waals surface area contributed by atoms with E-state index >= 15 is 0 Å². The quantitative estimate of drug-likeness (QED) is 0.847. The van der Waals surface area contributed by atoms with Crippen LogP contribution in [-0.2, 0) is 9.53 Å². The molecule has 1 unspecified atom stereocenters. The Balaban J connectivity index is 3.08. The van der Waals surface area contributed by atoms with Crippen LogP contribution in [0.5, 0.6) is 0 Å². The molecule has 0 aliphatic carbocycles. The van der Waals surface area contributed by atoms with Crippen molar-refractivity contribution in [2.75, 3.05) is 6.61 Å². The van der Waals surface area contributed by atoms with E-state index in [0.29, 0.717) is 0 Å². The number of alkyl halides is 2. The van der Waals surface area contributed by atoms with Gasteiger partial charge in [0.05, 0.1) is 6.61 Å². The summed E-state index contributed by atoms with van der Waals surface area (Å²) < 4.78 is 44.2. The second-order valence-corrected chi connectivity index (χ2v) is 3.75. The molecule has 0 aromatic heterocycles. The average Bonchev–Trinajstić information content (AvgIpc) is 2.31. The summed E-state index contributed by atoms with van der Waals surface area (Å²) in [6.07, 6.45) is -2.44. The maximum atomic E-state index is 13.5. The molecule has 0 aliphatic rings. The molecule has 18 heavy (non-hydrogen) atoms. The van der Waals surface area contributed by atoms with E-state index in [2.05, 4.69) is 4.74 Å². The molecule has 0 amide bonds. The molecular formula is C12H13F3O3. The van der Waals surface area contributed by atoms with Gasteiger partial charge in [-0.05, 0) is 37.1 Å². The van der Waals surface area contributed by atoms with Crippen molar-refractivity contribution < 1.29 is 27.8 Å². The molecule has 1 aromatic rings. The smallest absolute Gasteiger partial charge is 0.380 e. The Bertz CT molecular complexity index is 446. The predicted octanol–water partition coefficient (Wildman–Crippen LogP) is 2.37. The minimum absolute atomic E-state index is 0.233. The summed E-state index contributed by atoms with van der Waals surface area (Å²) >= 11 is 0. The maximum absolute atomic E-state index is 13.5. The topological polar surface area (TPSA) is 46.5 Å². The van der Waals surface area contributed by atoms with Crippen molar-refractivity contribution in [3.63, 3.8) is 0 Å². The van der Waals surface area contributed by atoms with E-state index in [1.165, 1.54) is 19.9 Å². The molecular weight excluding hydrogens is 249 g/mol. The fourth-order valence-electron chi connectivity index (χ4n) is 1.44. The SMILES string of the molecule is CCOC(=O)C(F)(F)C(O)c1cc(F)ccc1C. The van der Waals surface area contributed by atoms with Gasteiger partial charge in [-0.25, -0.2) is 9.18 Å². The molecule has 1 N–H and O–H groups in total. The molecule has 100 valence electrons. The summed E-state index contributed by atoms with van der Waals surface area (Å²) in [5.41, 5.74) is -0.0825. The van der Waals surface area contributed by atoms with Crippen molar-refractivity contribution in [1.82, 2.24) is 0 Å². The highest BCUT2D eigenvalue weighted by molar-refractivity contribution is 5.78. The fourth-order valence-corrected chi connectivity index (χ4v) is 1.44. The van der Waals surface area contributed by atoms with Crippen molar-refractivity contribution >= 4 is 5.97 Å². The van der Waals surface area contributed by atoms with E-state index in [0.717, 1.165) is 12.1 Å². The van der Waals surface area contributed by atoms with E-state index in [-0.39, 0.29) is 17.7 Å². The number of rotatable bonds is 4. The Morgan fingerprint density at radius 1 is 1.50 bits per heavy atom. The number of ether oxygens (including phenoxy) is 1. The summed E-state index contributed by atoms with van der Waals surface area (Å²) in [6.45, 7) is 2.57. The monoisotopic (exact) mass is 262 g/mol. The first-order valence-corrected chi connectivity index (χ1v) is 5.29. The zero-order valence-electron chi connectivity index (χ0n) is 9.91. The van der Waals surface area contributed by atoms with E-state index < -0.39 is 23.8 Å². The minimum atomic E-state index is -4.12. The van der Waals surface area contributed by atoms with Gasteiger partial charge in [0.1, 0.15) is 5.82 Å². The van der Waals surface area contributed by atoms with Gasteiger partial charge in [0.25, 0.3) is 0 Å². The molecule has 0 heterocycles. The molecule has 1 aromatic carbocycles. The normalized spacial score (nSPS) is 13.2. The van der Waals surface area contributed by atoms with Crippen LogP contribution < -0.4 is 0 Å². The molecule has 1 rings (SSSR count). The van der Waals surface area contributed by atoms with Crippen LogP contribution in [0, 0.1) is 12.7 Å². The fraction of sp³-hybridized carbons (Fsp3) is 0.417. The summed E-state index contributed by atoms with van der Waals surface area (Å²) in [5, 5.41) is 9.53. The van der Waals surface area contributed by atoms with E-state index in [4.69, 9.17) is 0 Å². The summed E-state index contributed by atoms with van der Waals surface area (Å²) in [7, 11) is 0.